The van der Waals surface area contributed by atoms with Gasteiger partial charge in [-0.3, -0.25) is 14.4 Å². The summed E-state index contributed by atoms with van der Waals surface area (Å²) in [5.74, 6) is -3.78. The first-order chi connectivity index (χ1) is 9.49. The molecule has 2 aromatic carbocycles. The van der Waals surface area contributed by atoms with Crippen LogP contribution < -0.4 is 0 Å². The molecule has 0 heterocycles. The molecule has 100 valence electrons. The van der Waals surface area contributed by atoms with Gasteiger partial charge in [-0.05, 0) is 48.5 Å². The van der Waals surface area contributed by atoms with Crippen LogP contribution in [0, 0.1) is 5.82 Å². The number of halogens is 1. The molecule has 2 rings (SSSR count). The number of phenolic OH excluding ortho intramolecular Hbond substituents is 1. The molecule has 5 heteroatoms. The molecule has 0 aliphatic carbocycles. The highest BCUT2D eigenvalue weighted by atomic mass is 19.1. The largest absolute Gasteiger partial charge is 0.508 e. The van der Waals surface area contributed by atoms with Crippen molar-refractivity contribution in [3.63, 3.8) is 0 Å². The minimum atomic E-state index is -1.21. The number of hydrogen-bond acceptors (Lipinski definition) is 4. The second-order valence-electron chi connectivity index (χ2n) is 4.04. The van der Waals surface area contributed by atoms with Gasteiger partial charge in [-0.25, -0.2) is 4.39 Å². The predicted octanol–water partition coefficient (Wildman–Crippen LogP) is 2.17. The summed E-state index contributed by atoms with van der Waals surface area (Å²) in [6, 6.07) is 9.31. The third-order valence-corrected chi connectivity index (χ3v) is 2.65. The van der Waals surface area contributed by atoms with Crippen molar-refractivity contribution >= 4 is 17.3 Å². The highest BCUT2D eigenvalue weighted by molar-refractivity contribution is 6.69. The van der Waals surface area contributed by atoms with E-state index in [9.17, 15) is 18.8 Å². The number of carbonyl (C=O) groups is 3. The van der Waals surface area contributed by atoms with E-state index in [1.54, 1.807) is 0 Å². The summed E-state index contributed by atoms with van der Waals surface area (Å²) in [7, 11) is 0. The zero-order valence-corrected chi connectivity index (χ0v) is 10.2. The third-order valence-electron chi connectivity index (χ3n) is 2.65. The zero-order valence-electron chi connectivity index (χ0n) is 10.2. The van der Waals surface area contributed by atoms with Crippen molar-refractivity contribution in [3.05, 3.63) is 65.5 Å². The molecule has 0 aliphatic heterocycles. The molecule has 0 atom stereocenters. The Kier molecular flexibility index (Phi) is 3.70. The Morgan fingerprint density at radius 1 is 0.750 bits per heavy atom. The Labute approximate surface area is 113 Å². The number of Topliss-reactive ketones (excluding diaryl/α,β-unsaturated/α-hetero) is 3. The molecule has 0 bridgehead atoms. The van der Waals surface area contributed by atoms with Crippen LogP contribution in [0.15, 0.2) is 48.5 Å². The standard InChI is InChI=1S/C15H9FO4/c16-11-5-1-9(2-6-11)13(18)15(20)14(19)10-3-7-12(17)8-4-10/h1-8,17H. The van der Waals surface area contributed by atoms with Gasteiger partial charge in [0.2, 0.25) is 11.6 Å². The summed E-state index contributed by atoms with van der Waals surface area (Å²) in [4.78, 5) is 35.4. The normalized spacial score (nSPS) is 10.1. The van der Waals surface area contributed by atoms with Crippen LogP contribution in [0.5, 0.6) is 5.75 Å². The Hall–Kier alpha value is -2.82. The Bertz CT molecular complexity index is 613. The number of rotatable bonds is 4. The molecule has 1 N–H and O–H groups in total. The molecule has 0 unspecified atom stereocenters. The average molecular weight is 272 g/mol. The number of carbonyl (C=O) groups excluding carboxylic acids is 3. The molecule has 0 radical (unpaired) electrons. The molecule has 0 spiro atoms. The lowest BCUT2D eigenvalue weighted by atomic mass is 10.0. The van der Waals surface area contributed by atoms with Gasteiger partial charge in [0.25, 0.3) is 5.78 Å². The van der Waals surface area contributed by atoms with Gasteiger partial charge in [0.15, 0.2) is 0 Å². The van der Waals surface area contributed by atoms with Gasteiger partial charge < -0.3 is 5.11 Å². The first-order valence-corrected chi connectivity index (χ1v) is 5.67. The van der Waals surface area contributed by atoms with E-state index in [2.05, 4.69) is 0 Å². The van der Waals surface area contributed by atoms with Crippen molar-refractivity contribution < 1.29 is 23.9 Å². The summed E-state index contributed by atoms with van der Waals surface area (Å²) in [5, 5.41) is 9.09. The number of aromatic hydroxyl groups is 1. The molecule has 4 nitrogen and oxygen atoms in total. The van der Waals surface area contributed by atoms with E-state index in [1.165, 1.54) is 24.3 Å². The van der Waals surface area contributed by atoms with Crippen LogP contribution in [0.3, 0.4) is 0 Å². The molecule has 0 fully saturated rings. The van der Waals surface area contributed by atoms with Gasteiger partial charge in [-0.15, -0.1) is 0 Å². The smallest absolute Gasteiger partial charge is 0.273 e. The summed E-state index contributed by atoms with van der Waals surface area (Å²) in [6.45, 7) is 0. The van der Waals surface area contributed by atoms with Crippen molar-refractivity contribution in [1.29, 1.82) is 0 Å². The van der Waals surface area contributed by atoms with Gasteiger partial charge in [-0.2, -0.15) is 0 Å². The molecule has 2 aromatic rings. The quantitative estimate of drug-likeness (QED) is 0.526. The fourth-order valence-electron chi connectivity index (χ4n) is 1.58. The van der Waals surface area contributed by atoms with Gasteiger partial charge in [0.1, 0.15) is 11.6 Å². The van der Waals surface area contributed by atoms with E-state index in [0.29, 0.717) is 0 Å². The summed E-state index contributed by atoms with van der Waals surface area (Å²) in [5.41, 5.74) is -0.0493. The summed E-state index contributed by atoms with van der Waals surface area (Å²) < 4.78 is 12.7. The van der Waals surface area contributed by atoms with Crippen LogP contribution in [-0.4, -0.2) is 22.5 Å². The predicted molar refractivity (Wildman–Crippen MR) is 68.2 cm³/mol. The average Bonchev–Trinajstić information content (AvgIpc) is 2.46. The monoisotopic (exact) mass is 272 g/mol. The van der Waals surface area contributed by atoms with Gasteiger partial charge in [-0.1, -0.05) is 0 Å². The van der Waals surface area contributed by atoms with Crippen LogP contribution >= 0.6 is 0 Å². The van der Waals surface area contributed by atoms with Crippen LogP contribution in [0.1, 0.15) is 20.7 Å². The summed E-state index contributed by atoms with van der Waals surface area (Å²) >= 11 is 0. The second kappa shape index (κ2) is 5.44. The fourth-order valence-corrected chi connectivity index (χ4v) is 1.58. The van der Waals surface area contributed by atoms with Gasteiger partial charge in [0, 0.05) is 11.1 Å². The third kappa shape index (κ3) is 2.77. The van der Waals surface area contributed by atoms with Crippen molar-refractivity contribution in [2.24, 2.45) is 0 Å². The maximum absolute atomic E-state index is 12.7. The van der Waals surface area contributed by atoms with Gasteiger partial charge in [0.05, 0.1) is 0 Å². The second-order valence-corrected chi connectivity index (χ2v) is 4.04. The van der Waals surface area contributed by atoms with Crippen molar-refractivity contribution in [3.8, 4) is 5.75 Å². The SMILES string of the molecule is O=C(C(=O)c1ccc(O)cc1)C(=O)c1ccc(F)cc1. The number of phenols is 1. The number of hydrogen-bond donors (Lipinski definition) is 1. The molecular weight excluding hydrogens is 263 g/mol. The highest BCUT2D eigenvalue weighted by Gasteiger charge is 2.25. The van der Waals surface area contributed by atoms with E-state index in [1.807, 2.05) is 0 Å². The fraction of sp³-hybridized carbons (Fsp3) is 0. The molecule has 20 heavy (non-hydrogen) atoms. The van der Waals surface area contributed by atoms with Crippen LogP contribution in [0.25, 0.3) is 0 Å². The van der Waals surface area contributed by atoms with E-state index >= 15 is 0 Å². The van der Waals surface area contributed by atoms with Crippen LogP contribution in [0.2, 0.25) is 0 Å². The van der Waals surface area contributed by atoms with Crippen molar-refractivity contribution in [2.45, 2.75) is 0 Å². The van der Waals surface area contributed by atoms with Crippen LogP contribution in [-0.2, 0) is 4.79 Å². The molecule has 0 saturated carbocycles. The molecule has 0 amide bonds. The Balaban J connectivity index is 2.22. The lowest BCUT2D eigenvalue weighted by Crippen LogP contribution is -2.24. The minimum Gasteiger partial charge on any atom is -0.508 e. The topological polar surface area (TPSA) is 71.4 Å². The van der Waals surface area contributed by atoms with E-state index in [-0.39, 0.29) is 16.9 Å². The molecule has 0 aromatic heterocycles. The van der Waals surface area contributed by atoms with E-state index in [0.717, 1.165) is 24.3 Å². The molecule has 0 saturated heterocycles. The Morgan fingerprint density at radius 3 is 1.60 bits per heavy atom. The van der Waals surface area contributed by atoms with Gasteiger partial charge >= 0.3 is 0 Å². The maximum Gasteiger partial charge on any atom is 0.273 e. The summed E-state index contributed by atoms with van der Waals surface area (Å²) in [6.07, 6.45) is 0. The number of benzene rings is 2. The van der Waals surface area contributed by atoms with E-state index in [4.69, 9.17) is 5.11 Å². The molecule has 0 aliphatic rings. The first-order valence-electron chi connectivity index (χ1n) is 5.67. The highest BCUT2D eigenvalue weighted by Crippen LogP contribution is 2.12. The lowest BCUT2D eigenvalue weighted by Gasteiger charge is -2.01. The number of ketones is 3. The lowest BCUT2D eigenvalue weighted by molar-refractivity contribution is -0.111. The Morgan fingerprint density at radius 2 is 1.15 bits per heavy atom. The first kappa shape index (κ1) is 13.6. The van der Waals surface area contributed by atoms with Crippen molar-refractivity contribution in [2.75, 3.05) is 0 Å². The zero-order chi connectivity index (χ0) is 14.7. The maximum atomic E-state index is 12.7. The molecular formula is C15H9FO4. The minimum absolute atomic E-state index is 0.00302. The van der Waals surface area contributed by atoms with E-state index < -0.39 is 23.2 Å². The van der Waals surface area contributed by atoms with Crippen LogP contribution in [0.4, 0.5) is 4.39 Å². The van der Waals surface area contributed by atoms with Crippen molar-refractivity contribution in [1.82, 2.24) is 0 Å².